The van der Waals surface area contributed by atoms with Gasteiger partial charge >= 0.3 is 0 Å². The van der Waals surface area contributed by atoms with E-state index in [2.05, 4.69) is 39.3 Å². The molecular weight excluding hydrogens is 362 g/mol. The molecule has 1 saturated carbocycles. The van der Waals surface area contributed by atoms with Gasteiger partial charge in [-0.05, 0) is 50.5 Å². The predicted molar refractivity (Wildman–Crippen MR) is 116 cm³/mol. The summed E-state index contributed by atoms with van der Waals surface area (Å²) in [6.07, 6.45) is 13.8. The Morgan fingerprint density at radius 3 is 2.41 bits per heavy atom. The van der Waals surface area contributed by atoms with Crippen molar-refractivity contribution < 1.29 is 4.79 Å². The minimum Gasteiger partial charge on any atom is -0.346 e. The van der Waals surface area contributed by atoms with E-state index < -0.39 is 0 Å². The van der Waals surface area contributed by atoms with Crippen LogP contribution in [0.2, 0.25) is 0 Å². The molecule has 0 atom stereocenters. The van der Waals surface area contributed by atoms with Gasteiger partial charge in [0.2, 0.25) is 11.9 Å². The molecule has 0 spiro atoms. The molecule has 6 heteroatoms. The first-order valence-corrected chi connectivity index (χ1v) is 10.8. The molecule has 1 aliphatic carbocycles. The second-order valence-electron chi connectivity index (χ2n) is 8.18. The van der Waals surface area contributed by atoms with Crippen LogP contribution in [0.5, 0.6) is 0 Å². The SMILES string of the molecule is Cc1cc(/C=C/C(=O)N2CCN(c3ncccn3)CC2)c(C)n1C1CCCCC1. The predicted octanol–water partition coefficient (Wildman–Crippen LogP) is 3.76. The van der Waals surface area contributed by atoms with Crippen LogP contribution < -0.4 is 4.90 Å². The van der Waals surface area contributed by atoms with Gasteiger partial charge in [-0.3, -0.25) is 4.79 Å². The quantitative estimate of drug-likeness (QED) is 0.742. The fourth-order valence-corrected chi connectivity index (χ4v) is 4.72. The third-order valence-corrected chi connectivity index (χ3v) is 6.30. The molecule has 4 rings (SSSR count). The molecule has 1 aliphatic heterocycles. The molecule has 0 radical (unpaired) electrons. The molecule has 2 fully saturated rings. The molecule has 2 aliphatic rings. The second kappa shape index (κ2) is 8.80. The molecule has 2 aromatic rings. The van der Waals surface area contributed by atoms with Crippen LogP contribution in [0.1, 0.15) is 55.1 Å². The molecule has 29 heavy (non-hydrogen) atoms. The summed E-state index contributed by atoms with van der Waals surface area (Å²) in [4.78, 5) is 25.3. The van der Waals surface area contributed by atoms with Crippen molar-refractivity contribution >= 4 is 17.9 Å². The highest BCUT2D eigenvalue weighted by Gasteiger charge is 2.22. The number of piperazine rings is 1. The molecule has 154 valence electrons. The van der Waals surface area contributed by atoms with Crippen LogP contribution in [-0.4, -0.2) is 51.5 Å². The van der Waals surface area contributed by atoms with Crippen LogP contribution in [0, 0.1) is 13.8 Å². The Morgan fingerprint density at radius 1 is 1.03 bits per heavy atom. The summed E-state index contributed by atoms with van der Waals surface area (Å²) in [7, 11) is 0. The number of rotatable bonds is 4. The number of anilines is 1. The first-order valence-electron chi connectivity index (χ1n) is 10.8. The summed E-state index contributed by atoms with van der Waals surface area (Å²) in [5, 5.41) is 0. The van der Waals surface area contributed by atoms with E-state index in [1.165, 1.54) is 43.5 Å². The van der Waals surface area contributed by atoms with Crippen molar-refractivity contribution in [2.45, 2.75) is 52.0 Å². The highest BCUT2D eigenvalue weighted by Crippen LogP contribution is 2.32. The zero-order valence-electron chi connectivity index (χ0n) is 17.5. The van der Waals surface area contributed by atoms with Gasteiger partial charge in [0.1, 0.15) is 0 Å². The largest absolute Gasteiger partial charge is 0.346 e. The lowest BCUT2D eigenvalue weighted by atomic mass is 9.95. The Morgan fingerprint density at radius 2 is 1.72 bits per heavy atom. The molecule has 3 heterocycles. The molecule has 0 unspecified atom stereocenters. The fraction of sp³-hybridized carbons (Fsp3) is 0.522. The molecule has 0 N–H and O–H groups in total. The van der Waals surface area contributed by atoms with Crippen molar-refractivity contribution in [3.05, 3.63) is 47.6 Å². The molecule has 1 amide bonds. The monoisotopic (exact) mass is 393 g/mol. The van der Waals surface area contributed by atoms with E-state index >= 15 is 0 Å². The highest BCUT2D eigenvalue weighted by atomic mass is 16.2. The Hall–Kier alpha value is -2.63. The lowest BCUT2D eigenvalue weighted by molar-refractivity contribution is -0.126. The summed E-state index contributed by atoms with van der Waals surface area (Å²) < 4.78 is 2.49. The second-order valence-corrected chi connectivity index (χ2v) is 8.18. The first kappa shape index (κ1) is 19.7. The number of hydrogen-bond donors (Lipinski definition) is 0. The Labute approximate surface area is 173 Å². The van der Waals surface area contributed by atoms with Crippen molar-refractivity contribution in [2.75, 3.05) is 31.1 Å². The molecule has 2 aromatic heterocycles. The molecular formula is C23H31N5O. The van der Waals surface area contributed by atoms with Crippen LogP contribution in [0.25, 0.3) is 6.08 Å². The summed E-state index contributed by atoms with van der Waals surface area (Å²) >= 11 is 0. The summed E-state index contributed by atoms with van der Waals surface area (Å²) in [5.74, 6) is 0.825. The number of aryl methyl sites for hydroxylation is 1. The van der Waals surface area contributed by atoms with E-state index in [1.807, 2.05) is 17.0 Å². The number of carbonyl (C=O) groups is 1. The molecule has 0 bridgehead atoms. The van der Waals surface area contributed by atoms with Crippen LogP contribution >= 0.6 is 0 Å². The summed E-state index contributed by atoms with van der Waals surface area (Å²) in [5.41, 5.74) is 3.75. The van der Waals surface area contributed by atoms with Gasteiger partial charge < -0.3 is 14.4 Å². The number of aromatic nitrogens is 3. The summed E-state index contributed by atoms with van der Waals surface area (Å²) in [6.45, 7) is 7.29. The maximum atomic E-state index is 12.7. The van der Waals surface area contributed by atoms with Gasteiger partial charge in [-0.2, -0.15) is 0 Å². The van der Waals surface area contributed by atoms with Gasteiger partial charge in [-0.1, -0.05) is 19.3 Å². The van der Waals surface area contributed by atoms with E-state index in [4.69, 9.17) is 0 Å². The third-order valence-electron chi connectivity index (χ3n) is 6.30. The fourth-order valence-electron chi connectivity index (χ4n) is 4.72. The van der Waals surface area contributed by atoms with Crippen LogP contribution in [0.15, 0.2) is 30.6 Å². The normalized spacial score (nSPS) is 18.6. The summed E-state index contributed by atoms with van der Waals surface area (Å²) in [6, 6.07) is 4.66. The molecule has 1 saturated heterocycles. The van der Waals surface area contributed by atoms with E-state index in [9.17, 15) is 4.79 Å². The lowest BCUT2D eigenvalue weighted by Gasteiger charge is -2.34. The molecule has 0 aromatic carbocycles. The highest BCUT2D eigenvalue weighted by molar-refractivity contribution is 5.92. The van der Waals surface area contributed by atoms with Crippen LogP contribution in [-0.2, 0) is 4.79 Å². The first-order chi connectivity index (χ1) is 14.1. The van der Waals surface area contributed by atoms with Crippen LogP contribution in [0.3, 0.4) is 0 Å². The number of nitrogens with zero attached hydrogens (tertiary/aromatic N) is 5. The van der Waals surface area contributed by atoms with E-state index in [-0.39, 0.29) is 5.91 Å². The topological polar surface area (TPSA) is 54.3 Å². The van der Waals surface area contributed by atoms with Crippen molar-refractivity contribution in [3.8, 4) is 0 Å². The number of hydrogen-bond acceptors (Lipinski definition) is 4. The maximum Gasteiger partial charge on any atom is 0.246 e. The van der Waals surface area contributed by atoms with Crippen molar-refractivity contribution in [3.63, 3.8) is 0 Å². The average Bonchev–Trinajstić information content (AvgIpc) is 3.06. The van der Waals surface area contributed by atoms with Crippen LogP contribution in [0.4, 0.5) is 5.95 Å². The van der Waals surface area contributed by atoms with Gasteiger partial charge in [0.05, 0.1) is 0 Å². The van der Waals surface area contributed by atoms with Crippen molar-refractivity contribution in [1.82, 2.24) is 19.4 Å². The van der Waals surface area contributed by atoms with E-state index in [0.717, 1.165) is 24.6 Å². The van der Waals surface area contributed by atoms with Crippen molar-refractivity contribution in [2.24, 2.45) is 0 Å². The zero-order valence-corrected chi connectivity index (χ0v) is 17.5. The van der Waals surface area contributed by atoms with Gasteiger partial charge in [0.25, 0.3) is 0 Å². The zero-order chi connectivity index (χ0) is 20.2. The average molecular weight is 394 g/mol. The van der Waals surface area contributed by atoms with E-state index in [0.29, 0.717) is 19.1 Å². The van der Waals surface area contributed by atoms with E-state index in [1.54, 1.807) is 18.5 Å². The van der Waals surface area contributed by atoms with Gasteiger partial charge in [0.15, 0.2) is 0 Å². The Bertz CT molecular complexity index is 859. The van der Waals surface area contributed by atoms with Gasteiger partial charge in [-0.15, -0.1) is 0 Å². The van der Waals surface area contributed by atoms with Gasteiger partial charge in [0, 0.05) is 62.1 Å². The Balaban J connectivity index is 1.38. The lowest BCUT2D eigenvalue weighted by Crippen LogP contribution is -2.48. The number of carbonyl (C=O) groups excluding carboxylic acids is 1. The van der Waals surface area contributed by atoms with Crippen molar-refractivity contribution in [1.29, 1.82) is 0 Å². The Kier molecular flexibility index (Phi) is 5.97. The minimum absolute atomic E-state index is 0.0844. The maximum absolute atomic E-state index is 12.7. The van der Waals surface area contributed by atoms with Gasteiger partial charge in [-0.25, -0.2) is 9.97 Å². The smallest absolute Gasteiger partial charge is 0.246 e. The number of amides is 1. The standard InChI is InChI=1S/C23H31N5O/c1-18-17-20(19(2)28(18)21-7-4-3-5-8-21)9-10-22(29)26-13-15-27(16-14-26)23-24-11-6-12-25-23/h6,9-12,17,21H,3-5,7-8,13-16H2,1-2H3/b10-9+. The third kappa shape index (κ3) is 4.36. The molecule has 6 nitrogen and oxygen atoms in total. The minimum atomic E-state index is 0.0844.